The minimum Gasteiger partial charge on any atom is -0.412 e. The van der Waals surface area contributed by atoms with Gasteiger partial charge in [0.1, 0.15) is 7.11 Å². The van der Waals surface area contributed by atoms with Gasteiger partial charge in [-0.15, -0.1) is 4.73 Å². The van der Waals surface area contributed by atoms with E-state index in [4.69, 9.17) is 4.84 Å². The Labute approximate surface area is 126 Å². The van der Waals surface area contributed by atoms with Crippen LogP contribution in [0.4, 0.5) is 0 Å². The van der Waals surface area contributed by atoms with Crippen LogP contribution >= 0.6 is 0 Å². The maximum Gasteiger partial charge on any atom is 0.366 e. The fourth-order valence-corrected chi connectivity index (χ4v) is 2.87. The molecule has 0 N–H and O–H groups in total. The van der Waals surface area contributed by atoms with Crippen molar-refractivity contribution in [1.29, 1.82) is 0 Å². The number of aromatic nitrogens is 2. The second kappa shape index (κ2) is 4.77. The summed E-state index contributed by atoms with van der Waals surface area (Å²) in [5, 5.41) is 1.03. The standard InChI is InChI=1S/C18H14N2O2/c1-22-20-17(13-7-3-2-4-8-13)12-15-11-14-9-5-6-10-16(14)19(15)18(20)21/h2-12H,1H3. The average Bonchev–Trinajstić information content (AvgIpc) is 2.94. The lowest BCUT2D eigenvalue weighted by Gasteiger charge is -2.12. The molecule has 4 heteroatoms. The molecule has 0 atom stereocenters. The summed E-state index contributed by atoms with van der Waals surface area (Å²) in [7, 11) is 1.51. The first-order chi connectivity index (χ1) is 10.8. The highest BCUT2D eigenvalue weighted by molar-refractivity contribution is 5.88. The molecule has 0 radical (unpaired) electrons. The molecule has 4 aromatic rings. The van der Waals surface area contributed by atoms with Crippen molar-refractivity contribution in [3.05, 3.63) is 77.2 Å². The van der Waals surface area contributed by atoms with Gasteiger partial charge in [0.25, 0.3) is 0 Å². The number of rotatable bonds is 2. The molecule has 2 heterocycles. The minimum absolute atomic E-state index is 0.208. The fourth-order valence-electron chi connectivity index (χ4n) is 2.87. The SMILES string of the molecule is COn1c(-c2ccccc2)cc2cc3ccccc3n2c1=O. The van der Waals surface area contributed by atoms with Crippen LogP contribution in [-0.4, -0.2) is 16.2 Å². The van der Waals surface area contributed by atoms with Crippen LogP contribution < -0.4 is 10.5 Å². The van der Waals surface area contributed by atoms with E-state index in [9.17, 15) is 4.79 Å². The normalized spacial score (nSPS) is 11.1. The molecule has 0 aliphatic heterocycles. The summed E-state index contributed by atoms with van der Waals surface area (Å²) >= 11 is 0. The molecule has 22 heavy (non-hydrogen) atoms. The molecule has 0 aliphatic carbocycles. The lowest BCUT2D eigenvalue weighted by molar-refractivity contribution is 0.157. The van der Waals surface area contributed by atoms with Crippen LogP contribution in [-0.2, 0) is 0 Å². The van der Waals surface area contributed by atoms with Crippen LogP contribution in [0.15, 0.2) is 71.5 Å². The maximum atomic E-state index is 12.8. The second-order valence-corrected chi connectivity index (χ2v) is 5.12. The summed E-state index contributed by atoms with van der Waals surface area (Å²) in [6.07, 6.45) is 0. The summed E-state index contributed by atoms with van der Waals surface area (Å²) in [5.74, 6) is 0. The molecule has 0 unspecified atom stereocenters. The van der Waals surface area contributed by atoms with Crippen molar-refractivity contribution in [3.63, 3.8) is 0 Å². The zero-order valence-electron chi connectivity index (χ0n) is 12.1. The molecule has 0 bridgehead atoms. The van der Waals surface area contributed by atoms with E-state index in [1.165, 1.54) is 11.8 Å². The highest BCUT2D eigenvalue weighted by Gasteiger charge is 2.13. The summed E-state index contributed by atoms with van der Waals surface area (Å²) in [5.41, 5.74) is 3.21. The van der Waals surface area contributed by atoms with Gasteiger partial charge in [-0.2, -0.15) is 0 Å². The Bertz CT molecular complexity index is 1030. The van der Waals surface area contributed by atoms with Crippen molar-refractivity contribution >= 4 is 16.4 Å². The Kier molecular flexibility index (Phi) is 2.76. The van der Waals surface area contributed by atoms with E-state index < -0.39 is 0 Å². The Morgan fingerprint density at radius 2 is 1.64 bits per heavy atom. The smallest absolute Gasteiger partial charge is 0.366 e. The lowest BCUT2D eigenvalue weighted by Crippen LogP contribution is -2.31. The predicted octanol–water partition coefficient (Wildman–Crippen LogP) is 2.98. The Morgan fingerprint density at radius 1 is 0.909 bits per heavy atom. The molecular formula is C18H14N2O2. The highest BCUT2D eigenvalue weighted by Crippen LogP contribution is 2.23. The van der Waals surface area contributed by atoms with Gasteiger partial charge in [-0.25, -0.2) is 4.79 Å². The van der Waals surface area contributed by atoms with E-state index in [2.05, 4.69) is 0 Å². The van der Waals surface area contributed by atoms with Gasteiger partial charge >= 0.3 is 5.69 Å². The molecule has 0 fully saturated rings. The summed E-state index contributed by atoms with van der Waals surface area (Å²) in [6.45, 7) is 0. The van der Waals surface area contributed by atoms with Crippen LogP contribution in [0.3, 0.4) is 0 Å². The van der Waals surface area contributed by atoms with Gasteiger partial charge in [-0.05, 0) is 18.2 Å². The van der Waals surface area contributed by atoms with Crippen LogP contribution in [0, 0.1) is 0 Å². The largest absolute Gasteiger partial charge is 0.412 e. The molecular weight excluding hydrogens is 276 g/mol. The van der Waals surface area contributed by atoms with Gasteiger partial charge in [0.15, 0.2) is 0 Å². The van der Waals surface area contributed by atoms with Crippen LogP contribution in [0.25, 0.3) is 27.7 Å². The molecule has 0 saturated carbocycles. The lowest BCUT2D eigenvalue weighted by atomic mass is 10.1. The third-order valence-electron chi connectivity index (χ3n) is 3.86. The van der Waals surface area contributed by atoms with Gasteiger partial charge in [-0.1, -0.05) is 48.5 Å². The van der Waals surface area contributed by atoms with Gasteiger partial charge in [-0.3, -0.25) is 4.40 Å². The van der Waals surface area contributed by atoms with Gasteiger partial charge in [0, 0.05) is 10.9 Å². The quantitative estimate of drug-likeness (QED) is 0.569. The van der Waals surface area contributed by atoms with E-state index >= 15 is 0 Å². The Balaban J connectivity index is 2.16. The van der Waals surface area contributed by atoms with Crippen molar-refractivity contribution in [3.8, 4) is 11.3 Å². The third kappa shape index (κ3) is 1.74. The Morgan fingerprint density at radius 3 is 2.41 bits per heavy atom. The second-order valence-electron chi connectivity index (χ2n) is 5.12. The molecule has 0 saturated heterocycles. The average molecular weight is 290 g/mol. The van der Waals surface area contributed by atoms with E-state index in [1.54, 1.807) is 4.40 Å². The first-order valence-electron chi connectivity index (χ1n) is 7.06. The number of nitrogens with zero attached hydrogens (tertiary/aromatic N) is 2. The molecule has 2 aromatic carbocycles. The molecule has 4 rings (SSSR count). The zero-order chi connectivity index (χ0) is 15.1. The van der Waals surface area contributed by atoms with E-state index in [0.29, 0.717) is 0 Å². The van der Waals surface area contributed by atoms with E-state index in [0.717, 1.165) is 27.7 Å². The fraction of sp³-hybridized carbons (Fsp3) is 0.0556. The molecule has 108 valence electrons. The zero-order valence-corrected chi connectivity index (χ0v) is 12.1. The van der Waals surface area contributed by atoms with Gasteiger partial charge < -0.3 is 4.84 Å². The van der Waals surface area contributed by atoms with Crippen molar-refractivity contribution < 1.29 is 4.84 Å². The molecule has 0 aliphatic rings. The number of benzene rings is 2. The number of hydrogen-bond acceptors (Lipinski definition) is 2. The molecule has 0 amide bonds. The number of fused-ring (bicyclic) bond motifs is 3. The van der Waals surface area contributed by atoms with Gasteiger partial charge in [0.2, 0.25) is 0 Å². The van der Waals surface area contributed by atoms with Crippen LogP contribution in [0.5, 0.6) is 0 Å². The van der Waals surface area contributed by atoms with E-state index in [1.807, 2.05) is 66.7 Å². The predicted molar refractivity (Wildman–Crippen MR) is 87.1 cm³/mol. The highest BCUT2D eigenvalue weighted by atomic mass is 16.7. The van der Waals surface area contributed by atoms with Crippen molar-refractivity contribution in [2.45, 2.75) is 0 Å². The summed E-state index contributed by atoms with van der Waals surface area (Å²) in [6, 6.07) is 21.6. The number of hydrogen-bond donors (Lipinski definition) is 0. The van der Waals surface area contributed by atoms with Crippen LogP contribution in [0.2, 0.25) is 0 Å². The van der Waals surface area contributed by atoms with Crippen molar-refractivity contribution in [2.24, 2.45) is 0 Å². The maximum absolute atomic E-state index is 12.8. The third-order valence-corrected chi connectivity index (χ3v) is 3.86. The number of para-hydroxylation sites is 1. The topological polar surface area (TPSA) is 35.6 Å². The minimum atomic E-state index is -0.208. The first-order valence-corrected chi connectivity index (χ1v) is 7.06. The molecule has 0 spiro atoms. The molecule has 2 aromatic heterocycles. The first kappa shape index (κ1) is 12.7. The monoisotopic (exact) mass is 290 g/mol. The molecule has 4 nitrogen and oxygen atoms in total. The van der Waals surface area contributed by atoms with E-state index in [-0.39, 0.29) is 5.69 Å². The van der Waals surface area contributed by atoms with Crippen molar-refractivity contribution in [2.75, 3.05) is 7.11 Å². The Hall–Kier alpha value is -3.01. The summed E-state index contributed by atoms with van der Waals surface area (Å²) < 4.78 is 3.00. The van der Waals surface area contributed by atoms with Gasteiger partial charge in [0.05, 0.1) is 16.7 Å². The summed E-state index contributed by atoms with van der Waals surface area (Å²) in [4.78, 5) is 18.2. The van der Waals surface area contributed by atoms with Crippen molar-refractivity contribution in [1.82, 2.24) is 9.13 Å². The van der Waals surface area contributed by atoms with Crippen LogP contribution in [0.1, 0.15) is 0 Å².